The second kappa shape index (κ2) is 5.71. The van der Waals surface area contributed by atoms with Crippen molar-refractivity contribution in [1.29, 1.82) is 5.41 Å². The number of benzene rings is 1. The van der Waals surface area contributed by atoms with Crippen molar-refractivity contribution in [3.8, 4) is 11.3 Å². The summed E-state index contributed by atoms with van der Waals surface area (Å²) in [5.74, 6) is 0.0184. The normalized spacial score (nSPS) is 10.2. The second-order valence-corrected chi connectivity index (χ2v) is 4.45. The quantitative estimate of drug-likeness (QED) is 0.592. The van der Waals surface area contributed by atoms with Crippen LogP contribution >= 0.6 is 11.6 Å². The van der Waals surface area contributed by atoms with Crippen molar-refractivity contribution in [2.75, 3.05) is 11.9 Å². The van der Waals surface area contributed by atoms with Crippen LogP contribution in [0.15, 0.2) is 36.5 Å². The molecule has 0 atom stereocenters. The summed E-state index contributed by atoms with van der Waals surface area (Å²) in [6.07, 6.45) is 1.69. The predicted octanol–water partition coefficient (Wildman–Crippen LogP) is 3.12. The number of rotatable bonds is 4. The molecule has 98 valence electrons. The van der Waals surface area contributed by atoms with Crippen molar-refractivity contribution in [3.05, 3.63) is 47.1 Å². The Morgan fingerprint density at radius 3 is 2.84 bits per heavy atom. The number of hydrogen-bond donors (Lipinski definition) is 3. The number of nitrogen functional groups attached to an aromatic ring is 1. The molecule has 4 nitrogen and oxygen atoms in total. The molecular formula is C14H15ClN4. The zero-order valence-electron chi connectivity index (χ0n) is 10.6. The number of nitrogens with one attached hydrogen (secondary N) is 2. The van der Waals surface area contributed by atoms with Crippen LogP contribution in [0.4, 0.5) is 5.69 Å². The van der Waals surface area contributed by atoms with E-state index in [0.717, 1.165) is 17.8 Å². The first-order valence-electron chi connectivity index (χ1n) is 5.96. The summed E-state index contributed by atoms with van der Waals surface area (Å²) < 4.78 is 0. The number of halogens is 1. The zero-order chi connectivity index (χ0) is 13.8. The predicted molar refractivity (Wildman–Crippen MR) is 79.9 cm³/mol. The number of nitrogens with zero attached hydrogens (tertiary/aromatic N) is 1. The molecule has 0 saturated heterocycles. The highest BCUT2D eigenvalue weighted by Gasteiger charge is 2.10. The largest absolute Gasteiger partial charge is 0.385 e. The van der Waals surface area contributed by atoms with E-state index in [1.807, 2.05) is 25.1 Å². The first-order valence-corrected chi connectivity index (χ1v) is 6.34. The van der Waals surface area contributed by atoms with Gasteiger partial charge in [-0.3, -0.25) is 10.4 Å². The molecule has 0 aliphatic rings. The van der Waals surface area contributed by atoms with E-state index < -0.39 is 0 Å². The molecule has 1 aromatic carbocycles. The third-order valence-electron chi connectivity index (χ3n) is 2.71. The molecule has 0 saturated carbocycles. The standard InChI is InChI=1S/C14H15ClN4/c1-2-18-12-6-5-9(8-10(12)14(16)17)13-11(15)4-3-7-19-13/h3-8,18H,2H2,1H3,(H3,16,17). The van der Waals surface area contributed by atoms with E-state index >= 15 is 0 Å². The minimum atomic E-state index is 0.0184. The SMILES string of the molecule is CCNc1ccc(-c2ncccc2Cl)cc1C(=N)N. The summed E-state index contributed by atoms with van der Waals surface area (Å²) in [6, 6.07) is 9.20. The van der Waals surface area contributed by atoms with Crippen LogP contribution in [0.1, 0.15) is 12.5 Å². The van der Waals surface area contributed by atoms with Crippen LogP contribution in [0.5, 0.6) is 0 Å². The van der Waals surface area contributed by atoms with Crippen LogP contribution in [0.25, 0.3) is 11.3 Å². The minimum Gasteiger partial charge on any atom is -0.385 e. The molecule has 19 heavy (non-hydrogen) atoms. The third-order valence-corrected chi connectivity index (χ3v) is 3.01. The maximum absolute atomic E-state index is 7.65. The molecule has 0 fully saturated rings. The van der Waals surface area contributed by atoms with Gasteiger partial charge in [0.25, 0.3) is 0 Å². The Morgan fingerprint density at radius 2 is 2.21 bits per heavy atom. The minimum absolute atomic E-state index is 0.0184. The van der Waals surface area contributed by atoms with E-state index in [2.05, 4.69) is 10.3 Å². The van der Waals surface area contributed by atoms with E-state index in [-0.39, 0.29) is 5.84 Å². The second-order valence-electron chi connectivity index (χ2n) is 4.04. The molecule has 0 unspecified atom stereocenters. The lowest BCUT2D eigenvalue weighted by molar-refractivity contribution is 1.21. The number of anilines is 1. The number of pyridine rings is 1. The summed E-state index contributed by atoms with van der Waals surface area (Å²) in [5, 5.41) is 11.4. The highest BCUT2D eigenvalue weighted by atomic mass is 35.5. The summed E-state index contributed by atoms with van der Waals surface area (Å²) in [5.41, 5.74) is 8.65. The Bertz CT molecular complexity index is 610. The van der Waals surface area contributed by atoms with E-state index in [4.69, 9.17) is 22.7 Å². The molecule has 1 heterocycles. The average Bonchev–Trinajstić information content (AvgIpc) is 2.40. The van der Waals surface area contributed by atoms with E-state index in [1.165, 1.54) is 0 Å². The van der Waals surface area contributed by atoms with Crippen molar-refractivity contribution in [1.82, 2.24) is 4.98 Å². The molecule has 0 spiro atoms. The van der Waals surface area contributed by atoms with Crippen LogP contribution in [0.3, 0.4) is 0 Å². The lowest BCUT2D eigenvalue weighted by atomic mass is 10.0. The van der Waals surface area contributed by atoms with Crippen LogP contribution in [-0.4, -0.2) is 17.4 Å². The van der Waals surface area contributed by atoms with Gasteiger partial charge in [-0.2, -0.15) is 0 Å². The molecule has 0 bridgehead atoms. The number of aromatic nitrogens is 1. The smallest absolute Gasteiger partial charge is 0.124 e. The van der Waals surface area contributed by atoms with Crippen LogP contribution in [-0.2, 0) is 0 Å². The molecular weight excluding hydrogens is 260 g/mol. The lowest BCUT2D eigenvalue weighted by Gasteiger charge is -2.12. The van der Waals surface area contributed by atoms with Crippen LogP contribution < -0.4 is 11.1 Å². The Labute approximate surface area is 117 Å². The van der Waals surface area contributed by atoms with Gasteiger partial charge in [0.1, 0.15) is 5.84 Å². The molecule has 0 aliphatic heterocycles. The first-order chi connectivity index (χ1) is 9.13. The van der Waals surface area contributed by atoms with Gasteiger partial charge >= 0.3 is 0 Å². The Morgan fingerprint density at radius 1 is 1.42 bits per heavy atom. The molecule has 2 aromatic rings. The van der Waals surface area contributed by atoms with Gasteiger partial charge < -0.3 is 11.1 Å². The molecule has 2 rings (SSSR count). The van der Waals surface area contributed by atoms with Gasteiger partial charge in [-0.15, -0.1) is 0 Å². The fraction of sp³-hybridized carbons (Fsp3) is 0.143. The summed E-state index contributed by atoms with van der Waals surface area (Å²) >= 11 is 6.13. The maximum Gasteiger partial charge on any atom is 0.124 e. The fourth-order valence-corrected chi connectivity index (χ4v) is 2.09. The van der Waals surface area contributed by atoms with Gasteiger partial charge in [0.2, 0.25) is 0 Å². The summed E-state index contributed by atoms with van der Waals surface area (Å²) in [6.45, 7) is 2.76. The number of nitrogens with two attached hydrogens (primary N) is 1. The van der Waals surface area contributed by atoms with Crippen molar-refractivity contribution in [2.24, 2.45) is 5.73 Å². The molecule has 0 amide bonds. The highest BCUT2D eigenvalue weighted by molar-refractivity contribution is 6.33. The van der Waals surface area contributed by atoms with Crippen LogP contribution in [0.2, 0.25) is 5.02 Å². The zero-order valence-corrected chi connectivity index (χ0v) is 11.3. The van der Waals surface area contributed by atoms with Gasteiger partial charge in [-0.1, -0.05) is 17.7 Å². The molecule has 0 radical (unpaired) electrons. The monoisotopic (exact) mass is 274 g/mol. The topological polar surface area (TPSA) is 74.8 Å². The van der Waals surface area contributed by atoms with Crippen LogP contribution in [0, 0.1) is 5.41 Å². The Balaban J connectivity index is 2.52. The molecule has 5 heteroatoms. The van der Waals surface area contributed by atoms with Crippen molar-refractivity contribution in [3.63, 3.8) is 0 Å². The number of amidine groups is 1. The van der Waals surface area contributed by atoms with Gasteiger partial charge in [0.15, 0.2) is 0 Å². The van der Waals surface area contributed by atoms with Gasteiger partial charge in [0.05, 0.1) is 10.7 Å². The lowest BCUT2D eigenvalue weighted by Crippen LogP contribution is -2.14. The third kappa shape index (κ3) is 2.85. The van der Waals surface area contributed by atoms with Gasteiger partial charge in [-0.25, -0.2) is 0 Å². The molecule has 4 N–H and O–H groups in total. The van der Waals surface area contributed by atoms with E-state index in [0.29, 0.717) is 16.3 Å². The maximum atomic E-state index is 7.65. The first kappa shape index (κ1) is 13.4. The Hall–Kier alpha value is -2.07. The Kier molecular flexibility index (Phi) is 4.02. The summed E-state index contributed by atoms with van der Waals surface area (Å²) in [4.78, 5) is 4.26. The summed E-state index contributed by atoms with van der Waals surface area (Å²) in [7, 11) is 0. The fourth-order valence-electron chi connectivity index (χ4n) is 1.86. The van der Waals surface area contributed by atoms with Crippen molar-refractivity contribution >= 4 is 23.1 Å². The average molecular weight is 275 g/mol. The highest BCUT2D eigenvalue weighted by Crippen LogP contribution is 2.28. The van der Waals surface area contributed by atoms with E-state index in [1.54, 1.807) is 18.3 Å². The van der Waals surface area contributed by atoms with Gasteiger partial charge in [-0.05, 0) is 31.2 Å². The molecule has 1 aromatic heterocycles. The van der Waals surface area contributed by atoms with E-state index in [9.17, 15) is 0 Å². The van der Waals surface area contributed by atoms with Crippen molar-refractivity contribution in [2.45, 2.75) is 6.92 Å². The van der Waals surface area contributed by atoms with Crippen molar-refractivity contribution < 1.29 is 0 Å². The number of hydrogen-bond acceptors (Lipinski definition) is 3. The van der Waals surface area contributed by atoms with Gasteiger partial charge in [0, 0.05) is 29.6 Å². The molecule has 0 aliphatic carbocycles.